The number of carbonyl (C=O) groups excluding carboxylic acids is 3. The van der Waals surface area contributed by atoms with Gasteiger partial charge < -0.3 is 10.1 Å². The Balaban J connectivity index is 1.61. The number of methoxy groups -OCH3 is 1. The van der Waals surface area contributed by atoms with E-state index in [1.165, 1.54) is 17.0 Å². The van der Waals surface area contributed by atoms with Gasteiger partial charge in [-0.2, -0.15) is 0 Å². The third-order valence-corrected chi connectivity index (χ3v) is 6.64. The SMILES string of the molecule is COc1ccc(N2C(=O)C(CC(=O)Nc3ccccc3Cl)N(NC(=O)c3ccc(Br)cc3)C2=S)cc1. The predicted octanol–water partition coefficient (Wildman–Crippen LogP) is 4.79. The van der Waals surface area contributed by atoms with Crippen LogP contribution in [0.25, 0.3) is 0 Å². The van der Waals surface area contributed by atoms with Gasteiger partial charge in [-0.15, -0.1) is 0 Å². The summed E-state index contributed by atoms with van der Waals surface area (Å²) in [7, 11) is 1.54. The molecule has 184 valence electrons. The maximum absolute atomic E-state index is 13.5. The number of anilines is 2. The largest absolute Gasteiger partial charge is 0.497 e. The molecule has 36 heavy (non-hydrogen) atoms. The molecule has 1 aliphatic rings. The Bertz CT molecular complexity index is 1320. The summed E-state index contributed by atoms with van der Waals surface area (Å²) < 4.78 is 6.00. The number of para-hydroxylation sites is 1. The molecule has 0 bridgehead atoms. The molecule has 0 radical (unpaired) electrons. The van der Waals surface area contributed by atoms with Crippen LogP contribution >= 0.6 is 39.7 Å². The molecule has 0 spiro atoms. The molecule has 1 saturated heterocycles. The van der Waals surface area contributed by atoms with Gasteiger partial charge in [-0.05, 0) is 72.9 Å². The van der Waals surface area contributed by atoms with E-state index in [1.807, 2.05) is 0 Å². The highest BCUT2D eigenvalue weighted by atomic mass is 79.9. The first-order chi connectivity index (χ1) is 17.3. The minimum Gasteiger partial charge on any atom is -0.497 e. The average Bonchev–Trinajstić information content (AvgIpc) is 3.09. The summed E-state index contributed by atoms with van der Waals surface area (Å²) in [6.45, 7) is 0. The Morgan fingerprint density at radius 2 is 1.72 bits per heavy atom. The molecule has 11 heteroatoms. The zero-order valence-corrected chi connectivity index (χ0v) is 22.1. The summed E-state index contributed by atoms with van der Waals surface area (Å²) in [5, 5.41) is 4.35. The molecule has 1 fully saturated rings. The van der Waals surface area contributed by atoms with Gasteiger partial charge in [0.1, 0.15) is 11.8 Å². The summed E-state index contributed by atoms with van der Waals surface area (Å²) in [4.78, 5) is 40.6. The number of nitrogens with zero attached hydrogens (tertiary/aromatic N) is 2. The Labute approximate surface area is 226 Å². The second kappa shape index (κ2) is 11.1. The van der Waals surface area contributed by atoms with Crippen LogP contribution in [0.15, 0.2) is 77.3 Å². The molecule has 1 atom stereocenters. The fourth-order valence-electron chi connectivity index (χ4n) is 3.58. The Hall–Kier alpha value is -3.47. The fraction of sp³-hybridized carbons (Fsp3) is 0.120. The minimum atomic E-state index is -1.08. The van der Waals surface area contributed by atoms with E-state index in [4.69, 9.17) is 28.6 Å². The number of hydrazine groups is 1. The van der Waals surface area contributed by atoms with Crippen molar-refractivity contribution in [2.75, 3.05) is 17.3 Å². The topological polar surface area (TPSA) is 91.0 Å². The van der Waals surface area contributed by atoms with Crippen molar-refractivity contribution in [1.82, 2.24) is 10.4 Å². The molecule has 8 nitrogen and oxygen atoms in total. The molecule has 1 aliphatic heterocycles. The van der Waals surface area contributed by atoms with Crippen molar-refractivity contribution in [3.8, 4) is 5.75 Å². The summed E-state index contributed by atoms with van der Waals surface area (Å²) in [6, 6.07) is 19.1. The molecule has 3 amide bonds. The van der Waals surface area contributed by atoms with E-state index in [-0.39, 0.29) is 11.5 Å². The highest BCUT2D eigenvalue weighted by Gasteiger charge is 2.45. The summed E-state index contributed by atoms with van der Waals surface area (Å²) in [5.74, 6) is -0.808. The Morgan fingerprint density at radius 1 is 1.06 bits per heavy atom. The third kappa shape index (κ3) is 5.51. The molecule has 3 aromatic rings. The van der Waals surface area contributed by atoms with Crippen LogP contribution in [0.1, 0.15) is 16.8 Å². The smallest absolute Gasteiger partial charge is 0.269 e. The number of halogens is 2. The van der Waals surface area contributed by atoms with Gasteiger partial charge in [0.05, 0.1) is 29.9 Å². The average molecular weight is 588 g/mol. The number of ether oxygens (including phenoxy) is 1. The Kier molecular flexibility index (Phi) is 7.88. The molecular weight excluding hydrogens is 568 g/mol. The lowest BCUT2D eigenvalue weighted by atomic mass is 10.1. The van der Waals surface area contributed by atoms with Gasteiger partial charge in [0, 0.05) is 10.0 Å². The molecule has 0 aliphatic carbocycles. The summed E-state index contributed by atoms with van der Waals surface area (Å²) in [5.41, 5.74) is 3.94. The van der Waals surface area contributed by atoms with E-state index in [9.17, 15) is 14.4 Å². The van der Waals surface area contributed by atoms with E-state index in [0.29, 0.717) is 27.7 Å². The predicted molar refractivity (Wildman–Crippen MR) is 145 cm³/mol. The molecule has 0 aromatic heterocycles. The van der Waals surface area contributed by atoms with Crippen molar-refractivity contribution < 1.29 is 19.1 Å². The lowest BCUT2D eigenvalue weighted by Crippen LogP contribution is -2.49. The molecule has 3 aromatic carbocycles. The van der Waals surface area contributed by atoms with Gasteiger partial charge in [-0.1, -0.05) is 39.7 Å². The van der Waals surface area contributed by atoms with Crippen LogP contribution in [0.3, 0.4) is 0 Å². The van der Waals surface area contributed by atoms with Crippen LogP contribution in [0.5, 0.6) is 5.75 Å². The second-order valence-corrected chi connectivity index (χ2v) is 9.41. The standard InChI is InChI=1S/C25H20BrClN4O4S/c1-35-18-12-10-17(11-13-18)30-24(34)21(14-22(32)28-20-5-3-2-4-19(20)27)31(25(30)36)29-23(33)15-6-8-16(26)9-7-15/h2-13,21H,14H2,1H3,(H,28,32)(H,29,33). The summed E-state index contributed by atoms with van der Waals surface area (Å²) in [6.07, 6.45) is -0.280. The van der Waals surface area contributed by atoms with Crippen molar-refractivity contribution in [2.45, 2.75) is 12.5 Å². The monoisotopic (exact) mass is 586 g/mol. The van der Waals surface area contributed by atoms with Gasteiger partial charge in [-0.25, -0.2) is 5.01 Å². The normalized spacial score (nSPS) is 15.1. The van der Waals surface area contributed by atoms with Crippen molar-refractivity contribution in [3.63, 3.8) is 0 Å². The zero-order chi connectivity index (χ0) is 25.8. The highest BCUT2D eigenvalue weighted by Crippen LogP contribution is 2.28. The van der Waals surface area contributed by atoms with Crippen LogP contribution in [0, 0.1) is 0 Å². The maximum atomic E-state index is 13.5. The first-order valence-corrected chi connectivity index (χ1v) is 12.3. The van der Waals surface area contributed by atoms with E-state index >= 15 is 0 Å². The van der Waals surface area contributed by atoms with Crippen LogP contribution in [-0.2, 0) is 9.59 Å². The number of benzene rings is 3. The van der Waals surface area contributed by atoms with Gasteiger partial charge in [0.15, 0.2) is 0 Å². The van der Waals surface area contributed by atoms with Crippen LogP contribution in [-0.4, -0.2) is 41.0 Å². The molecule has 1 unspecified atom stereocenters. The van der Waals surface area contributed by atoms with Crippen LogP contribution in [0.2, 0.25) is 5.02 Å². The third-order valence-electron chi connectivity index (χ3n) is 5.40. The number of rotatable bonds is 7. The van der Waals surface area contributed by atoms with Gasteiger partial charge in [0.25, 0.3) is 11.8 Å². The lowest BCUT2D eigenvalue weighted by molar-refractivity contribution is -0.124. The minimum absolute atomic E-state index is 0.0335. The number of hydrogen-bond acceptors (Lipinski definition) is 5. The van der Waals surface area contributed by atoms with E-state index in [2.05, 4.69) is 26.7 Å². The van der Waals surface area contributed by atoms with Gasteiger partial charge in [0.2, 0.25) is 11.0 Å². The number of nitrogens with one attached hydrogen (secondary N) is 2. The second-order valence-electron chi connectivity index (χ2n) is 7.72. The molecular formula is C25H20BrClN4O4S. The zero-order valence-electron chi connectivity index (χ0n) is 18.9. The van der Waals surface area contributed by atoms with Gasteiger partial charge in [-0.3, -0.25) is 24.7 Å². The van der Waals surface area contributed by atoms with E-state index in [0.717, 1.165) is 4.47 Å². The van der Waals surface area contributed by atoms with E-state index < -0.39 is 23.8 Å². The van der Waals surface area contributed by atoms with Gasteiger partial charge >= 0.3 is 0 Å². The molecule has 0 saturated carbocycles. The number of hydrogen-bond donors (Lipinski definition) is 2. The van der Waals surface area contributed by atoms with Crippen molar-refractivity contribution in [1.29, 1.82) is 0 Å². The lowest BCUT2D eigenvalue weighted by Gasteiger charge is -2.24. The van der Waals surface area contributed by atoms with E-state index in [1.54, 1.807) is 72.8 Å². The number of carbonyl (C=O) groups is 3. The molecule has 1 heterocycles. The first-order valence-electron chi connectivity index (χ1n) is 10.7. The van der Waals surface area contributed by atoms with Crippen molar-refractivity contribution in [2.24, 2.45) is 0 Å². The fourth-order valence-corrected chi connectivity index (χ4v) is 4.40. The first kappa shape index (κ1) is 25.6. The highest BCUT2D eigenvalue weighted by molar-refractivity contribution is 9.10. The van der Waals surface area contributed by atoms with Crippen LogP contribution < -0.4 is 20.4 Å². The number of amides is 3. The Morgan fingerprint density at radius 3 is 2.36 bits per heavy atom. The van der Waals surface area contributed by atoms with Crippen LogP contribution in [0.4, 0.5) is 11.4 Å². The summed E-state index contributed by atoms with van der Waals surface area (Å²) >= 11 is 15.1. The maximum Gasteiger partial charge on any atom is 0.269 e. The molecule has 4 rings (SSSR count). The molecule has 2 N–H and O–H groups in total. The van der Waals surface area contributed by atoms with Crippen molar-refractivity contribution >= 4 is 74.0 Å². The number of thiocarbonyl (C=S) groups is 1. The van der Waals surface area contributed by atoms with Crippen molar-refractivity contribution in [3.05, 3.63) is 87.9 Å². The quantitative estimate of drug-likeness (QED) is 0.387.